The van der Waals surface area contributed by atoms with Gasteiger partial charge in [-0.15, -0.1) is 0 Å². The first-order chi connectivity index (χ1) is 5.90. The fourth-order valence-corrected chi connectivity index (χ4v) is 1.27. The van der Waals surface area contributed by atoms with E-state index in [1.807, 2.05) is 0 Å². The second-order valence-electron chi connectivity index (χ2n) is 3.02. The van der Waals surface area contributed by atoms with Crippen LogP contribution < -0.4 is 0 Å². The van der Waals surface area contributed by atoms with Crippen molar-refractivity contribution in [3.05, 3.63) is 18.2 Å². The number of imidazole rings is 1. The Hall–Kier alpha value is -1.16. The van der Waals surface area contributed by atoms with Crippen molar-refractivity contribution < 1.29 is 4.79 Å². The van der Waals surface area contributed by atoms with Crippen LogP contribution in [0.15, 0.2) is 12.5 Å². The summed E-state index contributed by atoms with van der Waals surface area (Å²) < 4.78 is 0. The summed E-state index contributed by atoms with van der Waals surface area (Å²) in [5.41, 5.74) is 1.03. The average Bonchev–Trinajstić information content (AvgIpc) is 2.80. The Bertz CT molecular complexity index is 253. The molecule has 0 aromatic carbocycles. The monoisotopic (exact) mass is 165 g/mol. The minimum Gasteiger partial charge on any atom is -0.348 e. The number of aldehydes is 1. The lowest BCUT2D eigenvalue weighted by molar-refractivity contribution is -0.110. The Morgan fingerprint density at radius 3 is 3.08 bits per heavy atom. The van der Waals surface area contributed by atoms with Gasteiger partial charge in [-0.25, -0.2) is 4.98 Å². The van der Waals surface area contributed by atoms with Crippen molar-refractivity contribution in [1.29, 1.82) is 0 Å². The van der Waals surface area contributed by atoms with Gasteiger partial charge in [-0.1, -0.05) is 0 Å². The predicted octanol–water partition coefficient (Wildman–Crippen LogP) is -0.165. The van der Waals surface area contributed by atoms with Crippen LogP contribution in [0.3, 0.4) is 0 Å². The van der Waals surface area contributed by atoms with Crippen molar-refractivity contribution >= 4 is 6.29 Å². The maximum atomic E-state index is 10.6. The van der Waals surface area contributed by atoms with E-state index in [0.29, 0.717) is 0 Å². The number of aromatic nitrogens is 2. The van der Waals surface area contributed by atoms with Crippen molar-refractivity contribution in [2.45, 2.75) is 12.5 Å². The van der Waals surface area contributed by atoms with Gasteiger partial charge in [-0.05, 0) is 0 Å². The SMILES string of the molecule is O=C[C@H](Cc1cnc[nH]1)N1CC1. The molecule has 0 saturated carbocycles. The normalized spacial score (nSPS) is 19.0. The molecule has 12 heavy (non-hydrogen) atoms. The van der Waals surface area contributed by atoms with Crippen LogP contribution in [-0.4, -0.2) is 40.3 Å². The van der Waals surface area contributed by atoms with Gasteiger partial charge < -0.3 is 9.78 Å². The molecule has 1 fully saturated rings. The van der Waals surface area contributed by atoms with Gasteiger partial charge in [0.05, 0.1) is 12.4 Å². The van der Waals surface area contributed by atoms with E-state index in [1.54, 1.807) is 12.5 Å². The highest BCUT2D eigenvalue weighted by Gasteiger charge is 2.27. The second kappa shape index (κ2) is 3.06. The number of carbonyl (C=O) groups is 1. The third-order valence-corrected chi connectivity index (χ3v) is 2.09. The predicted molar refractivity (Wildman–Crippen MR) is 43.7 cm³/mol. The molecule has 0 unspecified atom stereocenters. The van der Waals surface area contributed by atoms with Gasteiger partial charge in [0.2, 0.25) is 0 Å². The highest BCUT2D eigenvalue weighted by Crippen LogP contribution is 2.12. The highest BCUT2D eigenvalue weighted by molar-refractivity contribution is 5.58. The van der Waals surface area contributed by atoms with Crippen LogP contribution in [0.5, 0.6) is 0 Å². The molecular formula is C8H11N3O. The molecule has 0 amide bonds. The average molecular weight is 165 g/mol. The first-order valence-electron chi connectivity index (χ1n) is 4.07. The van der Waals surface area contributed by atoms with Crippen molar-refractivity contribution in [3.8, 4) is 0 Å². The van der Waals surface area contributed by atoms with Crippen LogP contribution in [0.1, 0.15) is 5.69 Å². The summed E-state index contributed by atoms with van der Waals surface area (Å²) in [7, 11) is 0. The van der Waals surface area contributed by atoms with Crippen molar-refractivity contribution in [1.82, 2.24) is 14.9 Å². The topological polar surface area (TPSA) is 48.8 Å². The fraction of sp³-hybridized carbons (Fsp3) is 0.500. The zero-order valence-corrected chi connectivity index (χ0v) is 6.73. The zero-order chi connectivity index (χ0) is 8.39. The summed E-state index contributed by atoms with van der Waals surface area (Å²) in [6.07, 6.45) is 5.16. The molecule has 2 heterocycles. The lowest BCUT2D eigenvalue weighted by atomic mass is 10.2. The van der Waals surface area contributed by atoms with E-state index in [2.05, 4.69) is 14.9 Å². The van der Waals surface area contributed by atoms with E-state index in [0.717, 1.165) is 31.5 Å². The summed E-state index contributed by atoms with van der Waals surface area (Å²) in [5.74, 6) is 0. The molecule has 0 radical (unpaired) electrons. The smallest absolute Gasteiger partial charge is 0.137 e. The maximum absolute atomic E-state index is 10.6. The fourth-order valence-electron chi connectivity index (χ4n) is 1.27. The van der Waals surface area contributed by atoms with Gasteiger partial charge in [0.15, 0.2) is 0 Å². The summed E-state index contributed by atoms with van der Waals surface area (Å²) in [6, 6.07) is 0.0467. The van der Waals surface area contributed by atoms with Crippen LogP contribution >= 0.6 is 0 Å². The number of nitrogens with one attached hydrogen (secondary N) is 1. The van der Waals surface area contributed by atoms with Gasteiger partial charge in [0.1, 0.15) is 6.29 Å². The number of aromatic amines is 1. The summed E-state index contributed by atoms with van der Waals surface area (Å²) in [6.45, 7) is 2.11. The lowest BCUT2D eigenvalue weighted by Gasteiger charge is -2.08. The largest absolute Gasteiger partial charge is 0.348 e. The number of hydrogen-bond donors (Lipinski definition) is 1. The van der Waals surface area contributed by atoms with Gasteiger partial charge in [0, 0.05) is 31.4 Å². The molecule has 1 aliphatic rings. The Kier molecular flexibility index (Phi) is 1.91. The van der Waals surface area contributed by atoms with Crippen molar-refractivity contribution in [2.24, 2.45) is 0 Å². The molecule has 1 aliphatic heterocycles. The van der Waals surface area contributed by atoms with E-state index >= 15 is 0 Å². The molecule has 1 atom stereocenters. The highest BCUT2D eigenvalue weighted by atomic mass is 16.1. The molecule has 0 bridgehead atoms. The van der Waals surface area contributed by atoms with E-state index in [1.165, 1.54) is 0 Å². The van der Waals surface area contributed by atoms with Gasteiger partial charge in [-0.3, -0.25) is 4.90 Å². The van der Waals surface area contributed by atoms with Crippen LogP contribution in [0.25, 0.3) is 0 Å². The molecule has 1 saturated heterocycles. The van der Waals surface area contributed by atoms with Crippen LogP contribution in [0.4, 0.5) is 0 Å². The minimum atomic E-state index is 0.0467. The van der Waals surface area contributed by atoms with E-state index in [9.17, 15) is 4.79 Å². The molecule has 2 rings (SSSR count). The van der Waals surface area contributed by atoms with Crippen LogP contribution in [0.2, 0.25) is 0 Å². The molecule has 64 valence electrons. The molecule has 1 N–H and O–H groups in total. The Labute approximate surface area is 70.6 Å². The van der Waals surface area contributed by atoms with Gasteiger partial charge >= 0.3 is 0 Å². The first-order valence-corrected chi connectivity index (χ1v) is 4.07. The number of nitrogens with zero attached hydrogens (tertiary/aromatic N) is 2. The summed E-state index contributed by atoms with van der Waals surface area (Å²) in [5, 5.41) is 0. The quantitative estimate of drug-likeness (QED) is 0.498. The number of hydrogen-bond acceptors (Lipinski definition) is 3. The first kappa shape index (κ1) is 7.49. The Morgan fingerprint density at radius 2 is 2.58 bits per heavy atom. The van der Waals surface area contributed by atoms with Gasteiger partial charge in [-0.2, -0.15) is 0 Å². The van der Waals surface area contributed by atoms with Gasteiger partial charge in [0.25, 0.3) is 0 Å². The molecule has 0 spiro atoms. The van der Waals surface area contributed by atoms with E-state index in [-0.39, 0.29) is 6.04 Å². The second-order valence-corrected chi connectivity index (χ2v) is 3.02. The minimum absolute atomic E-state index is 0.0467. The standard InChI is InChI=1S/C8H11N3O/c12-5-8(11-1-2-11)3-7-4-9-6-10-7/h4-6,8H,1-3H2,(H,9,10)/t8-/m0/s1. The number of carbonyl (C=O) groups excluding carboxylic acids is 1. The third kappa shape index (κ3) is 1.53. The molecule has 4 heteroatoms. The Balaban J connectivity index is 1.95. The molecule has 4 nitrogen and oxygen atoms in total. The van der Waals surface area contributed by atoms with Crippen LogP contribution in [0, 0.1) is 0 Å². The summed E-state index contributed by atoms with van der Waals surface area (Å²) >= 11 is 0. The van der Waals surface area contributed by atoms with E-state index < -0.39 is 0 Å². The molecule has 0 aliphatic carbocycles. The Morgan fingerprint density at radius 1 is 1.75 bits per heavy atom. The summed E-state index contributed by atoms with van der Waals surface area (Å²) in [4.78, 5) is 19.7. The van der Waals surface area contributed by atoms with Crippen molar-refractivity contribution in [2.75, 3.05) is 13.1 Å². The number of H-pyrrole nitrogens is 1. The molecular weight excluding hydrogens is 154 g/mol. The zero-order valence-electron chi connectivity index (χ0n) is 6.73. The molecule has 1 aromatic rings. The molecule has 1 aromatic heterocycles. The third-order valence-electron chi connectivity index (χ3n) is 2.09. The van der Waals surface area contributed by atoms with Crippen molar-refractivity contribution in [3.63, 3.8) is 0 Å². The van der Waals surface area contributed by atoms with Crippen LogP contribution in [-0.2, 0) is 11.2 Å². The lowest BCUT2D eigenvalue weighted by Crippen LogP contribution is -2.23. The number of rotatable bonds is 4. The van der Waals surface area contributed by atoms with E-state index in [4.69, 9.17) is 0 Å². The maximum Gasteiger partial charge on any atom is 0.137 e.